The summed E-state index contributed by atoms with van der Waals surface area (Å²) in [6.45, 7) is 1.71. The summed E-state index contributed by atoms with van der Waals surface area (Å²) < 4.78 is 45.6. The second kappa shape index (κ2) is 3.08. The lowest BCUT2D eigenvalue weighted by molar-refractivity contribution is -0.290. The first kappa shape index (κ1) is 10.1. The van der Waals surface area contributed by atoms with E-state index in [1.54, 1.807) is 6.92 Å². The molecule has 1 aliphatic rings. The molecule has 0 aromatic carbocycles. The van der Waals surface area contributed by atoms with E-state index in [2.05, 4.69) is 9.47 Å². The van der Waals surface area contributed by atoms with Crippen molar-refractivity contribution in [3.05, 3.63) is 0 Å². The molecule has 13 heavy (non-hydrogen) atoms. The van der Waals surface area contributed by atoms with Gasteiger partial charge in [0.25, 0.3) is 0 Å². The zero-order valence-corrected chi connectivity index (χ0v) is 6.98. The topological polar surface area (TPSA) is 35.5 Å². The van der Waals surface area contributed by atoms with Crippen molar-refractivity contribution in [3.8, 4) is 0 Å². The summed E-state index contributed by atoms with van der Waals surface area (Å²) >= 11 is 0. The van der Waals surface area contributed by atoms with Crippen molar-refractivity contribution >= 4 is 6.16 Å². The third kappa shape index (κ3) is 1.71. The number of alkyl halides is 3. The highest BCUT2D eigenvalue weighted by atomic mass is 19.3. The van der Waals surface area contributed by atoms with Crippen molar-refractivity contribution in [1.29, 1.82) is 0 Å². The second-order valence-corrected chi connectivity index (χ2v) is 2.80. The standard InChI is InChI=1S/C7H9F3O3/c1-2-3-4-6(8)7(9,10)13-5(11)12-6/h2-4H2,1H3. The summed E-state index contributed by atoms with van der Waals surface area (Å²) in [5, 5.41) is 0. The van der Waals surface area contributed by atoms with Gasteiger partial charge in [-0.05, 0) is 6.42 Å². The van der Waals surface area contributed by atoms with Gasteiger partial charge in [-0.15, -0.1) is 0 Å². The Morgan fingerprint density at radius 1 is 1.31 bits per heavy atom. The summed E-state index contributed by atoms with van der Waals surface area (Å²) in [5.74, 6) is -3.29. The minimum Gasteiger partial charge on any atom is -0.386 e. The van der Waals surface area contributed by atoms with E-state index in [1.165, 1.54) is 0 Å². The Balaban J connectivity index is 2.70. The van der Waals surface area contributed by atoms with Gasteiger partial charge in [0.2, 0.25) is 0 Å². The van der Waals surface area contributed by atoms with Gasteiger partial charge in [0.1, 0.15) is 0 Å². The van der Waals surface area contributed by atoms with Gasteiger partial charge in [-0.1, -0.05) is 13.3 Å². The molecule has 1 atom stereocenters. The number of cyclic esters (lactones) is 2. The maximum absolute atomic E-state index is 13.2. The quantitative estimate of drug-likeness (QED) is 0.654. The Kier molecular flexibility index (Phi) is 2.40. The Morgan fingerprint density at radius 2 is 1.92 bits per heavy atom. The van der Waals surface area contributed by atoms with Crippen LogP contribution in [0, 0.1) is 0 Å². The van der Waals surface area contributed by atoms with Crippen LogP contribution in [-0.2, 0) is 9.47 Å². The van der Waals surface area contributed by atoms with E-state index in [-0.39, 0.29) is 6.42 Å². The van der Waals surface area contributed by atoms with Gasteiger partial charge in [0.05, 0.1) is 0 Å². The molecular formula is C7H9F3O3. The molecule has 3 nitrogen and oxygen atoms in total. The van der Waals surface area contributed by atoms with Crippen molar-refractivity contribution in [2.45, 2.75) is 38.1 Å². The fourth-order valence-corrected chi connectivity index (χ4v) is 0.994. The number of carbonyl (C=O) groups is 1. The molecule has 0 spiro atoms. The van der Waals surface area contributed by atoms with Crippen LogP contribution < -0.4 is 0 Å². The van der Waals surface area contributed by atoms with E-state index in [0.29, 0.717) is 6.42 Å². The molecule has 6 heteroatoms. The van der Waals surface area contributed by atoms with Gasteiger partial charge in [0, 0.05) is 6.42 Å². The first-order valence-corrected chi connectivity index (χ1v) is 3.90. The number of halogens is 3. The van der Waals surface area contributed by atoms with Crippen molar-refractivity contribution in [2.75, 3.05) is 0 Å². The molecule has 0 radical (unpaired) electrons. The monoisotopic (exact) mass is 198 g/mol. The molecule has 0 bridgehead atoms. The second-order valence-electron chi connectivity index (χ2n) is 2.80. The Morgan fingerprint density at radius 3 is 2.31 bits per heavy atom. The van der Waals surface area contributed by atoms with Crippen LogP contribution >= 0.6 is 0 Å². The van der Waals surface area contributed by atoms with Crippen molar-refractivity contribution in [1.82, 2.24) is 0 Å². The molecule has 1 fully saturated rings. The number of ether oxygens (including phenoxy) is 2. The van der Waals surface area contributed by atoms with Crippen LogP contribution in [0.25, 0.3) is 0 Å². The van der Waals surface area contributed by atoms with Crippen LogP contribution in [0.15, 0.2) is 0 Å². The molecule has 1 saturated heterocycles. The van der Waals surface area contributed by atoms with Crippen molar-refractivity contribution in [2.24, 2.45) is 0 Å². The van der Waals surface area contributed by atoms with E-state index in [4.69, 9.17) is 0 Å². The number of hydrogen-bond acceptors (Lipinski definition) is 3. The molecule has 0 saturated carbocycles. The highest BCUT2D eigenvalue weighted by Gasteiger charge is 2.67. The molecule has 0 aliphatic carbocycles. The Bertz CT molecular complexity index is 219. The molecule has 1 rings (SSSR count). The third-order valence-electron chi connectivity index (χ3n) is 1.74. The van der Waals surface area contributed by atoms with Crippen molar-refractivity contribution < 1.29 is 27.4 Å². The van der Waals surface area contributed by atoms with E-state index in [1.807, 2.05) is 0 Å². The summed E-state index contributed by atoms with van der Waals surface area (Å²) in [6, 6.07) is 0. The van der Waals surface area contributed by atoms with E-state index >= 15 is 0 Å². The molecule has 0 amide bonds. The van der Waals surface area contributed by atoms with Gasteiger partial charge in [0.15, 0.2) is 0 Å². The summed E-state index contributed by atoms with van der Waals surface area (Å²) in [4.78, 5) is 10.3. The molecule has 1 unspecified atom stereocenters. The average Bonchev–Trinajstić information content (AvgIpc) is 2.17. The number of unbranched alkanes of at least 4 members (excludes halogenated alkanes) is 1. The number of rotatable bonds is 3. The molecule has 76 valence electrons. The van der Waals surface area contributed by atoms with Crippen LogP contribution in [0.4, 0.5) is 18.0 Å². The zero-order valence-electron chi connectivity index (χ0n) is 6.98. The number of carbonyl (C=O) groups excluding carboxylic acids is 1. The molecular weight excluding hydrogens is 189 g/mol. The molecule has 0 aromatic heterocycles. The van der Waals surface area contributed by atoms with Gasteiger partial charge in [-0.2, -0.15) is 13.2 Å². The first-order valence-electron chi connectivity index (χ1n) is 3.90. The van der Waals surface area contributed by atoms with Gasteiger partial charge < -0.3 is 9.47 Å². The minimum atomic E-state index is -4.17. The lowest BCUT2D eigenvalue weighted by atomic mass is 10.1. The van der Waals surface area contributed by atoms with Crippen LogP contribution in [0.3, 0.4) is 0 Å². The predicted molar refractivity (Wildman–Crippen MR) is 35.9 cm³/mol. The SMILES string of the molecule is CCCCC1(F)OC(=O)OC1(F)F. The van der Waals surface area contributed by atoms with Gasteiger partial charge in [-0.3, -0.25) is 0 Å². The number of hydrogen-bond donors (Lipinski definition) is 0. The minimum absolute atomic E-state index is 0.197. The van der Waals surface area contributed by atoms with Gasteiger partial charge in [-0.25, -0.2) is 4.79 Å². The lowest BCUT2D eigenvalue weighted by Crippen LogP contribution is -2.41. The van der Waals surface area contributed by atoms with E-state index in [9.17, 15) is 18.0 Å². The van der Waals surface area contributed by atoms with Crippen LogP contribution in [-0.4, -0.2) is 18.1 Å². The molecule has 0 aromatic rings. The summed E-state index contributed by atoms with van der Waals surface area (Å²) in [5.41, 5.74) is 0. The van der Waals surface area contributed by atoms with Crippen LogP contribution in [0.1, 0.15) is 26.2 Å². The van der Waals surface area contributed by atoms with E-state index in [0.717, 1.165) is 0 Å². The maximum Gasteiger partial charge on any atom is 0.516 e. The van der Waals surface area contributed by atoms with E-state index < -0.39 is 24.5 Å². The highest BCUT2D eigenvalue weighted by Crippen LogP contribution is 2.44. The smallest absolute Gasteiger partial charge is 0.386 e. The Labute approximate surface area is 72.8 Å². The summed E-state index contributed by atoms with van der Waals surface area (Å²) in [7, 11) is 0. The maximum atomic E-state index is 13.2. The third-order valence-corrected chi connectivity index (χ3v) is 1.74. The predicted octanol–water partition coefficient (Wildman–Crippen LogP) is 2.60. The molecule has 1 aliphatic heterocycles. The lowest BCUT2D eigenvalue weighted by Gasteiger charge is -2.20. The average molecular weight is 198 g/mol. The van der Waals surface area contributed by atoms with Crippen molar-refractivity contribution in [3.63, 3.8) is 0 Å². The fourth-order valence-electron chi connectivity index (χ4n) is 0.994. The van der Waals surface area contributed by atoms with Crippen LogP contribution in [0.2, 0.25) is 0 Å². The van der Waals surface area contributed by atoms with Crippen LogP contribution in [0.5, 0.6) is 0 Å². The first-order chi connectivity index (χ1) is 5.91. The molecule has 1 heterocycles. The van der Waals surface area contributed by atoms with Gasteiger partial charge >= 0.3 is 18.1 Å². The largest absolute Gasteiger partial charge is 0.516 e. The fraction of sp³-hybridized carbons (Fsp3) is 0.857. The molecule has 0 N–H and O–H groups in total. The Hall–Kier alpha value is -0.940. The summed E-state index contributed by atoms with van der Waals surface area (Å²) in [6.07, 6.45) is -5.66. The zero-order chi connectivity index (χ0) is 10.1. The normalized spacial score (nSPS) is 31.2. The highest BCUT2D eigenvalue weighted by molar-refractivity contribution is 5.63.